The van der Waals surface area contributed by atoms with Crippen LogP contribution >= 0.6 is 0 Å². The maximum atomic E-state index is 12.5. The highest BCUT2D eigenvalue weighted by Crippen LogP contribution is 2.44. The molecule has 7 nitrogen and oxygen atoms in total. The number of fused-ring (bicyclic) bond motifs is 3. The molecule has 0 bridgehead atoms. The molecule has 182 valence electrons. The van der Waals surface area contributed by atoms with E-state index in [9.17, 15) is 14.4 Å². The summed E-state index contributed by atoms with van der Waals surface area (Å²) in [5.41, 5.74) is 4.73. The summed E-state index contributed by atoms with van der Waals surface area (Å²) in [5, 5.41) is 11.6. The van der Waals surface area contributed by atoms with Crippen molar-refractivity contribution < 1.29 is 24.2 Å². The number of ether oxygens (including phenoxy) is 1. The molecule has 0 radical (unpaired) electrons. The van der Waals surface area contributed by atoms with E-state index in [1.165, 1.54) is 22.3 Å². The molecule has 2 aromatic carbocycles. The summed E-state index contributed by atoms with van der Waals surface area (Å²) >= 11 is 0. The molecule has 0 fully saturated rings. The summed E-state index contributed by atoms with van der Waals surface area (Å²) in [7, 11) is 0. The van der Waals surface area contributed by atoms with Gasteiger partial charge in [-0.2, -0.15) is 0 Å². The Labute approximate surface area is 201 Å². The van der Waals surface area contributed by atoms with Crippen molar-refractivity contribution in [1.82, 2.24) is 10.2 Å². The molecular weight excluding hydrogens is 432 g/mol. The number of benzene rings is 2. The molecule has 0 saturated carbocycles. The van der Waals surface area contributed by atoms with E-state index in [4.69, 9.17) is 9.84 Å². The second kappa shape index (κ2) is 12.2. The lowest BCUT2D eigenvalue weighted by Crippen LogP contribution is -2.37. The van der Waals surface area contributed by atoms with Gasteiger partial charge in [0.2, 0.25) is 5.91 Å². The predicted octanol–water partition coefficient (Wildman–Crippen LogP) is 4.80. The Kier molecular flexibility index (Phi) is 9.08. The summed E-state index contributed by atoms with van der Waals surface area (Å²) in [6, 6.07) is 16.4. The van der Waals surface area contributed by atoms with Gasteiger partial charge in [-0.15, -0.1) is 0 Å². The van der Waals surface area contributed by atoms with Gasteiger partial charge < -0.3 is 20.1 Å². The highest BCUT2D eigenvalue weighted by Gasteiger charge is 2.28. The number of carbonyl (C=O) groups excluding carboxylic acids is 2. The third-order valence-corrected chi connectivity index (χ3v) is 6.16. The fourth-order valence-corrected chi connectivity index (χ4v) is 4.46. The van der Waals surface area contributed by atoms with E-state index >= 15 is 0 Å². The third kappa shape index (κ3) is 6.59. The highest BCUT2D eigenvalue weighted by atomic mass is 16.5. The summed E-state index contributed by atoms with van der Waals surface area (Å²) in [4.78, 5) is 37.1. The van der Waals surface area contributed by atoms with Gasteiger partial charge >= 0.3 is 12.1 Å². The average molecular weight is 467 g/mol. The minimum Gasteiger partial charge on any atom is -0.481 e. The maximum Gasteiger partial charge on any atom is 0.407 e. The van der Waals surface area contributed by atoms with Crippen LogP contribution in [0.4, 0.5) is 4.79 Å². The van der Waals surface area contributed by atoms with Crippen molar-refractivity contribution in [2.24, 2.45) is 0 Å². The van der Waals surface area contributed by atoms with E-state index in [0.717, 1.165) is 0 Å². The second-order valence-electron chi connectivity index (χ2n) is 8.89. The van der Waals surface area contributed by atoms with Gasteiger partial charge in [0.15, 0.2) is 0 Å². The molecule has 0 unspecified atom stereocenters. The van der Waals surface area contributed by atoms with Crippen LogP contribution in [0.3, 0.4) is 0 Å². The van der Waals surface area contributed by atoms with E-state index in [1.807, 2.05) is 38.1 Å². The number of aliphatic carboxylic acids is 1. The molecule has 2 amide bonds. The van der Waals surface area contributed by atoms with Gasteiger partial charge in [-0.3, -0.25) is 9.59 Å². The van der Waals surface area contributed by atoms with Crippen LogP contribution in [-0.2, 0) is 14.3 Å². The van der Waals surface area contributed by atoms with Crippen molar-refractivity contribution in [3.63, 3.8) is 0 Å². The molecule has 1 aliphatic carbocycles. The summed E-state index contributed by atoms with van der Waals surface area (Å²) in [6.07, 6.45) is 1.73. The van der Waals surface area contributed by atoms with Crippen LogP contribution < -0.4 is 5.32 Å². The third-order valence-electron chi connectivity index (χ3n) is 6.16. The van der Waals surface area contributed by atoms with Gasteiger partial charge in [0.1, 0.15) is 6.61 Å². The molecule has 0 aliphatic heterocycles. The van der Waals surface area contributed by atoms with Crippen LogP contribution in [0.1, 0.15) is 63.0 Å². The smallest absolute Gasteiger partial charge is 0.407 e. The van der Waals surface area contributed by atoms with E-state index in [1.54, 1.807) is 4.90 Å². The molecule has 2 N–H and O–H groups in total. The van der Waals surface area contributed by atoms with Gasteiger partial charge in [-0.05, 0) is 55.4 Å². The molecule has 3 rings (SSSR count). The van der Waals surface area contributed by atoms with Crippen molar-refractivity contribution in [2.45, 2.75) is 57.9 Å². The van der Waals surface area contributed by atoms with Crippen molar-refractivity contribution in [2.75, 3.05) is 19.7 Å². The number of nitrogens with one attached hydrogen (secondary N) is 1. The fraction of sp³-hybridized carbons (Fsp3) is 0.444. The number of hydrogen-bond acceptors (Lipinski definition) is 4. The monoisotopic (exact) mass is 466 g/mol. The van der Waals surface area contributed by atoms with Crippen molar-refractivity contribution in [3.05, 3.63) is 59.7 Å². The number of carboxylic acid groups (broad SMARTS) is 1. The number of carboxylic acids is 1. The molecule has 1 aliphatic rings. The first kappa shape index (κ1) is 25.3. The first-order valence-corrected chi connectivity index (χ1v) is 12.0. The fourth-order valence-electron chi connectivity index (χ4n) is 4.46. The van der Waals surface area contributed by atoms with Gasteiger partial charge in [-0.25, -0.2) is 4.79 Å². The Bertz CT molecular complexity index is 959. The molecular formula is C27H34N2O5. The standard InChI is InChI=1S/C27H34N2O5/c1-19(2)29(17-9-15-26(31)32)25(30)14-7-8-16-28-27(33)34-18-24-22-12-5-3-10-20(22)21-11-4-6-13-23(21)24/h3-6,10-13,19,24H,7-9,14-18H2,1-2H3,(H,28,33)(H,31,32). The second-order valence-corrected chi connectivity index (χ2v) is 8.89. The van der Waals surface area contributed by atoms with Gasteiger partial charge in [0, 0.05) is 37.9 Å². The van der Waals surface area contributed by atoms with Crippen LogP contribution in [0.15, 0.2) is 48.5 Å². The summed E-state index contributed by atoms with van der Waals surface area (Å²) in [5.74, 6) is -0.809. The topological polar surface area (TPSA) is 95.9 Å². The lowest BCUT2D eigenvalue weighted by molar-refractivity contribution is -0.138. The van der Waals surface area contributed by atoms with E-state index in [-0.39, 0.29) is 30.9 Å². The Balaban J connectivity index is 1.38. The van der Waals surface area contributed by atoms with Crippen molar-refractivity contribution in [1.29, 1.82) is 0 Å². The predicted molar refractivity (Wildman–Crippen MR) is 131 cm³/mol. The van der Waals surface area contributed by atoms with Gasteiger partial charge in [0.05, 0.1) is 0 Å². The summed E-state index contributed by atoms with van der Waals surface area (Å²) in [6.45, 7) is 5.01. The molecule has 0 heterocycles. The highest BCUT2D eigenvalue weighted by molar-refractivity contribution is 5.79. The number of amides is 2. The number of nitrogens with zero attached hydrogens (tertiary/aromatic N) is 1. The van der Waals surface area contributed by atoms with Crippen LogP contribution in [0, 0.1) is 0 Å². The molecule has 0 aromatic heterocycles. The zero-order valence-corrected chi connectivity index (χ0v) is 20.0. The van der Waals surface area contributed by atoms with Crippen LogP contribution in [0.2, 0.25) is 0 Å². The SMILES string of the molecule is CC(C)N(CCCC(=O)O)C(=O)CCCCNC(=O)OCC1c2ccccc2-c2ccccc21. The Morgan fingerprint density at radius 2 is 1.56 bits per heavy atom. The lowest BCUT2D eigenvalue weighted by Gasteiger charge is -2.26. The molecule has 0 spiro atoms. The van der Waals surface area contributed by atoms with Gasteiger partial charge in [-0.1, -0.05) is 48.5 Å². The molecule has 0 atom stereocenters. The molecule has 2 aromatic rings. The molecule has 7 heteroatoms. The minimum atomic E-state index is -0.851. The Morgan fingerprint density at radius 3 is 2.15 bits per heavy atom. The van der Waals surface area contributed by atoms with Crippen molar-refractivity contribution in [3.8, 4) is 11.1 Å². The first-order chi connectivity index (χ1) is 16.4. The zero-order valence-electron chi connectivity index (χ0n) is 20.0. The van der Waals surface area contributed by atoms with Crippen LogP contribution in [0.25, 0.3) is 11.1 Å². The van der Waals surface area contributed by atoms with E-state index in [2.05, 4.69) is 29.6 Å². The van der Waals surface area contributed by atoms with E-state index in [0.29, 0.717) is 38.8 Å². The average Bonchev–Trinajstić information content (AvgIpc) is 3.13. The minimum absolute atomic E-state index is 0.0153. The first-order valence-electron chi connectivity index (χ1n) is 12.0. The number of hydrogen-bond donors (Lipinski definition) is 2. The normalized spacial score (nSPS) is 12.2. The number of alkyl carbamates (subject to hydrolysis) is 1. The Morgan fingerprint density at radius 1 is 0.941 bits per heavy atom. The lowest BCUT2D eigenvalue weighted by atomic mass is 9.98. The quantitative estimate of drug-likeness (QED) is 0.438. The maximum absolute atomic E-state index is 12.5. The van der Waals surface area contributed by atoms with Crippen LogP contribution in [-0.4, -0.2) is 53.7 Å². The number of rotatable bonds is 12. The number of unbranched alkanes of at least 4 members (excludes halogenated alkanes) is 1. The van der Waals surface area contributed by atoms with Crippen LogP contribution in [0.5, 0.6) is 0 Å². The molecule has 0 saturated heterocycles. The van der Waals surface area contributed by atoms with Crippen molar-refractivity contribution >= 4 is 18.0 Å². The summed E-state index contributed by atoms with van der Waals surface area (Å²) < 4.78 is 5.53. The molecule has 34 heavy (non-hydrogen) atoms. The van der Waals surface area contributed by atoms with Gasteiger partial charge in [0.25, 0.3) is 0 Å². The zero-order chi connectivity index (χ0) is 24.5. The Hall–Kier alpha value is -3.35. The number of carbonyl (C=O) groups is 3. The van der Waals surface area contributed by atoms with E-state index < -0.39 is 12.1 Å². The largest absolute Gasteiger partial charge is 0.481 e.